The summed E-state index contributed by atoms with van der Waals surface area (Å²) in [5.41, 5.74) is 1.09. The van der Waals surface area contributed by atoms with Gasteiger partial charge in [-0.15, -0.1) is 0 Å². The lowest BCUT2D eigenvalue weighted by molar-refractivity contribution is -0.155. The van der Waals surface area contributed by atoms with E-state index in [1.165, 1.54) is 11.5 Å². The largest absolute Gasteiger partial charge is 0.452 e. The van der Waals surface area contributed by atoms with Gasteiger partial charge in [0, 0.05) is 13.1 Å². The summed E-state index contributed by atoms with van der Waals surface area (Å²) in [6.07, 6.45) is -0.0654. The molecule has 2 aromatic rings. The highest BCUT2D eigenvalue weighted by Gasteiger charge is 2.18. The number of nitrogens with one attached hydrogen (secondary N) is 1. The summed E-state index contributed by atoms with van der Waals surface area (Å²) in [6.45, 7) is 4.13. The molecular weight excluding hydrogens is 300 g/mol. The number of ether oxygens (including phenoxy) is 1. The molecule has 7 nitrogen and oxygen atoms in total. The lowest BCUT2D eigenvalue weighted by Crippen LogP contribution is -2.36. The molecule has 1 aromatic heterocycles. The van der Waals surface area contributed by atoms with Gasteiger partial charge < -0.3 is 14.5 Å². The summed E-state index contributed by atoms with van der Waals surface area (Å²) in [5, 5.41) is 2.65. The highest BCUT2D eigenvalue weighted by molar-refractivity contribution is 5.83. The van der Waals surface area contributed by atoms with E-state index >= 15 is 0 Å². The minimum atomic E-state index is -0.855. The number of para-hydroxylation sites is 2. The number of aryl methyl sites for hydroxylation is 1. The van der Waals surface area contributed by atoms with E-state index in [1.807, 2.05) is 6.92 Å². The Labute approximate surface area is 133 Å². The predicted molar refractivity (Wildman–Crippen MR) is 83.9 cm³/mol. The maximum absolute atomic E-state index is 11.8. The SMILES string of the molecule is CCCNC(=O)[C@H](C)OC(=O)CCn1c(=O)oc2ccccc21. The van der Waals surface area contributed by atoms with Gasteiger partial charge in [0.05, 0.1) is 11.9 Å². The standard InChI is InChI=1S/C16H20N2O5/c1-3-9-17-15(20)11(2)22-14(19)8-10-18-12-6-4-5-7-13(12)23-16(18)21/h4-7,11H,3,8-10H2,1-2H3,(H,17,20)/t11-/m0/s1. The van der Waals surface area contributed by atoms with Crippen LogP contribution in [0.2, 0.25) is 0 Å². The quantitative estimate of drug-likeness (QED) is 0.780. The molecule has 0 spiro atoms. The monoisotopic (exact) mass is 320 g/mol. The van der Waals surface area contributed by atoms with Gasteiger partial charge in [0.1, 0.15) is 0 Å². The Hall–Kier alpha value is -2.57. The van der Waals surface area contributed by atoms with Gasteiger partial charge >= 0.3 is 11.7 Å². The molecule has 0 saturated heterocycles. The molecule has 1 heterocycles. The zero-order valence-corrected chi connectivity index (χ0v) is 13.2. The number of carbonyl (C=O) groups is 2. The van der Waals surface area contributed by atoms with Crippen molar-refractivity contribution in [2.45, 2.75) is 39.3 Å². The van der Waals surface area contributed by atoms with Crippen molar-refractivity contribution < 1.29 is 18.7 Å². The lowest BCUT2D eigenvalue weighted by Gasteiger charge is -2.13. The number of hydrogen-bond acceptors (Lipinski definition) is 5. The topological polar surface area (TPSA) is 90.5 Å². The molecule has 0 aliphatic carbocycles. The Balaban J connectivity index is 1.92. The first kappa shape index (κ1) is 16.8. The smallest absolute Gasteiger partial charge is 0.419 e. The van der Waals surface area contributed by atoms with Crippen molar-refractivity contribution >= 4 is 23.0 Å². The van der Waals surface area contributed by atoms with Crippen molar-refractivity contribution in [1.82, 2.24) is 9.88 Å². The van der Waals surface area contributed by atoms with E-state index in [0.717, 1.165) is 6.42 Å². The molecule has 0 aliphatic heterocycles. The highest BCUT2D eigenvalue weighted by atomic mass is 16.5. The second kappa shape index (κ2) is 7.62. The average molecular weight is 320 g/mol. The number of carbonyl (C=O) groups excluding carboxylic acids is 2. The number of esters is 1. The first-order chi connectivity index (χ1) is 11.0. The van der Waals surface area contributed by atoms with Crippen LogP contribution in [0.15, 0.2) is 33.5 Å². The van der Waals surface area contributed by atoms with E-state index in [2.05, 4.69) is 5.32 Å². The summed E-state index contributed by atoms with van der Waals surface area (Å²) in [5.74, 6) is -1.39. The highest BCUT2D eigenvalue weighted by Crippen LogP contribution is 2.12. The van der Waals surface area contributed by atoms with E-state index < -0.39 is 17.8 Å². The maximum atomic E-state index is 11.8. The molecule has 0 saturated carbocycles. The molecule has 0 aliphatic rings. The predicted octanol–water partition coefficient (Wildman–Crippen LogP) is 1.44. The van der Waals surface area contributed by atoms with E-state index in [4.69, 9.17) is 9.15 Å². The maximum Gasteiger partial charge on any atom is 0.419 e. The van der Waals surface area contributed by atoms with Gasteiger partial charge in [-0.25, -0.2) is 4.79 Å². The molecule has 1 N–H and O–H groups in total. The molecule has 7 heteroatoms. The van der Waals surface area contributed by atoms with Crippen molar-refractivity contribution in [1.29, 1.82) is 0 Å². The number of oxazole rings is 1. The van der Waals surface area contributed by atoms with Gasteiger partial charge in [-0.05, 0) is 25.5 Å². The van der Waals surface area contributed by atoms with Crippen molar-refractivity contribution in [3.63, 3.8) is 0 Å². The van der Waals surface area contributed by atoms with E-state index in [1.54, 1.807) is 24.3 Å². The molecule has 0 unspecified atom stereocenters. The molecule has 1 amide bonds. The lowest BCUT2D eigenvalue weighted by atomic mass is 10.3. The van der Waals surface area contributed by atoms with Crippen LogP contribution >= 0.6 is 0 Å². The number of amides is 1. The number of fused-ring (bicyclic) bond motifs is 1. The van der Waals surface area contributed by atoms with E-state index in [9.17, 15) is 14.4 Å². The van der Waals surface area contributed by atoms with Crippen molar-refractivity contribution in [3.05, 3.63) is 34.8 Å². The number of aromatic nitrogens is 1. The number of hydrogen-bond donors (Lipinski definition) is 1. The Bertz CT molecular complexity index is 746. The van der Waals surface area contributed by atoms with Crippen LogP contribution in [0, 0.1) is 0 Å². The first-order valence-corrected chi connectivity index (χ1v) is 7.58. The summed E-state index contributed by atoms with van der Waals surface area (Å²) >= 11 is 0. The van der Waals surface area contributed by atoms with Crippen LogP contribution in [0.1, 0.15) is 26.7 Å². The van der Waals surface area contributed by atoms with Crippen LogP contribution in [0.5, 0.6) is 0 Å². The fourth-order valence-electron chi connectivity index (χ4n) is 2.13. The van der Waals surface area contributed by atoms with Gasteiger partial charge in [0.25, 0.3) is 5.91 Å². The third kappa shape index (κ3) is 4.21. The first-order valence-electron chi connectivity index (χ1n) is 7.58. The molecule has 23 heavy (non-hydrogen) atoms. The molecule has 2 rings (SSSR count). The van der Waals surface area contributed by atoms with Crippen LogP contribution < -0.4 is 11.1 Å². The van der Waals surface area contributed by atoms with E-state index in [-0.39, 0.29) is 18.9 Å². The second-order valence-electron chi connectivity index (χ2n) is 5.16. The molecule has 124 valence electrons. The molecule has 0 bridgehead atoms. The number of nitrogens with zero attached hydrogens (tertiary/aromatic N) is 1. The van der Waals surface area contributed by atoms with Gasteiger partial charge in [-0.3, -0.25) is 14.2 Å². The third-order valence-electron chi connectivity index (χ3n) is 3.34. The van der Waals surface area contributed by atoms with Gasteiger partial charge in [0.2, 0.25) is 0 Å². The molecule has 1 aromatic carbocycles. The second-order valence-corrected chi connectivity index (χ2v) is 5.16. The fourth-order valence-corrected chi connectivity index (χ4v) is 2.13. The van der Waals surface area contributed by atoms with Crippen LogP contribution in [0.3, 0.4) is 0 Å². The zero-order chi connectivity index (χ0) is 16.8. The van der Waals surface area contributed by atoms with Gasteiger partial charge in [-0.2, -0.15) is 0 Å². The zero-order valence-electron chi connectivity index (χ0n) is 13.2. The summed E-state index contributed by atoms with van der Waals surface area (Å²) < 4.78 is 11.5. The normalized spacial score (nSPS) is 12.1. The van der Waals surface area contributed by atoms with Crippen LogP contribution in [-0.4, -0.2) is 29.1 Å². The van der Waals surface area contributed by atoms with Crippen molar-refractivity contribution in [2.24, 2.45) is 0 Å². The van der Waals surface area contributed by atoms with E-state index in [0.29, 0.717) is 17.6 Å². The molecule has 0 fully saturated rings. The fraction of sp³-hybridized carbons (Fsp3) is 0.438. The van der Waals surface area contributed by atoms with Gasteiger partial charge in [-0.1, -0.05) is 19.1 Å². The molecule has 1 atom stereocenters. The molecule has 0 radical (unpaired) electrons. The van der Waals surface area contributed by atoms with Crippen LogP contribution in [-0.2, 0) is 20.9 Å². The molecular formula is C16H20N2O5. The average Bonchev–Trinajstić information content (AvgIpc) is 2.85. The summed E-state index contributed by atoms with van der Waals surface area (Å²) in [4.78, 5) is 35.2. The summed E-state index contributed by atoms with van der Waals surface area (Å²) in [7, 11) is 0. The number of rotatable bonds is 7. The summed E-state index contributed by atoms with van der Waals surface area (Å²) in [6, 6.07) is 6.98. The number of benzene rings is 1. The minimum absolute atomic E-state index is 0.0190. The van der Waals surface area contributed by atoms with Crippen molar-refractivity contribution in [3.8, 4) is 0 Å². The minimum Gasteiger partial charge on any atom is -0.452 e. The van der Waals surface area contributed by atoms with Gasteiger partial charge in [0.15, 0.2) is 11.7 Å². The Morgan fingerprint density at radius 2 is 2.09 bits per heavy atom. The Morgan fingerprint density at radius 1 is 1.35 bits per heavy atom. The Morgan fingerprint density at radius 3 is 2.83 bits per heavy atom. The Kier molecular flexibility index (Phi) is 5.56. The van der Waals surface area contributed by atoms with Crippen LogP contribution in [0.4, 0.5) is 0 Å². The third-order valence-corrected chi connectivity index (χ3v) is 3.34. The van der Waals surface area contributed by atoms with Crippen LogP contribution in [0.25, 0.3) is 11.1 Å². The van der Waals surface area contributed by atoms with Crippen molar-refractivity contribution in [2.75, 3.05) is 6.54 Å².